The number of para-hydroxylation sites is 5. The summed E-state index contributed by atoms with van der Waals surface area (Å²) in [5.74, 6) is 0. The van der Waals surface area contributed by atoms with Crippen molar-refractivity contribution >= 4 is 65.4 Å². The van der Waals surface area contributed by atoms with Crippen LogP contribution in [0, 0.1) is 0 Å². The smallest absolute Gasteiger partial charge is 0.0562 e. The number of benzene rings is 7. The molecular formula is C43H29N3. The van der Waals surface area contributed by atoms with Gasteiger partial charge in [0.25, 0.3) is 0 Å². The molecule has 3 aromatic heterocycles. The number of aromatic nitrogens is 3. The molecule has 0 amide bonds. The highest BCUT2D eigenvalue weighted by atomic mass is 15.0. The van der Waals surface area contributed by atoms with Crippen molar-refractivity contribution in [2.45, 2.75) is 6.54 Å². The van der Waals surface area contributed by atoms with Gasteiger partial charge in [-0.05, 0) is 60.2 Å². The van der Waals surface area contributed by atoms with Crippen molar-refractivity contribution in [1.82, 2.24) is 13.7 Å². The zero-order chi connectivity index (χ0) is 30.2. The third kappa shape index (κ3) is 3.48. The Bertz CT molecular complexity index is 2670. The Morgan fingerprint density at radius 2 is 0.783 bits per heavy atom. The van der Waals surface area contributed by atoms with Gasteiger partial charge >= 0.3 is 0 Å². The third-order valence-electron chi connectivity index (χ3n) is 9.72. The molecule has 0 saturated carbocycles. The minimum Gasteiger partial charge on any atom is -0.336 e. The second-order valence-electron chi connectivity index (χ2n) is 12.1. The van der Waals surface area contributed by atoms with E-state index in [4.69, 9.17) is 0 Å². The van der Waals surface area contributed by atoms with Crippen LogP contribution in [0.5, 0.6) is 0 Å². The number of hydrogen-bond donors (Lipinski definition) is 0. The minimum atomic E-state index is 0.765. The van der Waals surface area contributed by atoms with Gasteiger partial charge in [-0.3, -0.25) is 0 Å². The van der Waals surface area contributed by atoms with Gasteiger partial charge in [-0.1, -0.05) is 109 Å². The lowest BCUT2D eigenvalue weighted by atomic mass is 10.0. The molecule has 7 aromatic carbocycles. The van der Waals surface area contributed by atoms with Crippen LogP contribution in [0.25, 0.3) is 76.8 Å². The van der Waals surface area contributed by atoms with E-state index in [9.17, 15) is 0 Å². The Kier molecular flexibility index (Phi) is 5.34. The molecule has 0 spiro atoms. The van der Waals surface area contributed by atoms with E-state index in [0.29, 0.717) is 0 Å². The first-order valence-electron chi connectivity index (χ1n) is 15.9. The van der Waals surface area contributed by atoms with E-state index in [-0.39, 0.29) is 0 Å². The quantitative estimate of drug-likeness (QED) is 0.195. The fraction of sp³-hybridized carbons (Fsp3) is 0.0233. The van der Waals surface area contributed by atoms with E-state index in [0.717, 1.165) is 12.2 Å². The van der Waals surface area contributed by atoms with Crippen LogP contribution in [0.1, 0.15) is 5.56 Å². The summed E-state index contributed by atoms with van der Waals surface area (Å²) in [5, 5.41) is 7.69. The predicted octanol–water partition coefficient (Wildman–Crippen LogP) is 11.0. The molecule has 46 heavy (non-hydrogen) atoms. The predicted molar refractivity (Wildman–Crippen MR) is 194 cm³/mol. The molecule has 3 nitrogen and oxygen atoms in total. The molecule has 0 aliphatic heterocycles. The Labute approximate surface area is 265 Å². The lowest BCUT2D eigenvalue weighted by Gasteiger charge is -2.13. The van der Waals surface area contributed by atoms with Gasteiger partial charge in [0.15, 0.2) is 0 Å². The van der Waals surface area contributed by atoms with Gasteiger partial charge in [0, 0.05) is 55.6 Å². The van der Waals surface area contributed by atoms with Crippen molar-refractivity contribution in [3.05, 3.63) is 169 Å². The van der Waals surface area contributed by atoms with E-state index in [1.165, 1.54) is 76.7 Å². The average molecular weight is 588 g/mol. The van der Waals surface area contributed by atoms with Crippen LogP contribution >= 0.6 is 0 Å². The number of rotatable bonds is 4. The SMILES string of the molecule is c1ccc(-n2c3cccc(Cn4c5ccccc5c5ccccc54)c3c3c(-n4c5ccccc5c5ccccc54)cccc32)cc1. The van der Waals surface area contributed by atoms with Crippen LogP contribution in [-0.4, -0.2) is 13.7 Å². The van der Waals surface area contributed by atoms with Crippen LogP contribution in [-0.2, 0) is 6.54 Å². The first-order chi connectivity index (χ1) is 22.9. The summed E-state index contributed by atoms with van der Waals surface area (Å²) in [6.45, 7) is 0.765. The lowest BCUT2D eigenvalue weighted by molar-refractivity contribution is 0.876. The van der Waals surface area contributed by atoms with E-state index in [2.05, 4.69) is 177 Å². The second-order valence-corrected chi connectivity index (χ2v) is 12.1. The highest BCUT2D eigenvalue weighted by molar-refractivity contribution is 6.17. The lowest BCUT2D eigenvalue weighted by Crippen LogP contribution is -2.00. The summed E-state index contributed by atoms with van der Waals surface area (Å²) >= 11 is 0. The van der Waals surface area contributed by atoms with Gasteiger partial charge < -0.3 is 13.7 Å². The van der Waals surface area contributed by atoms with Crippen molar-refractivity contribution in [1.29, 1.82) is 0 Å². The first-order valence-corrected chi connectivity index (χ1v) is 15.9. The molecule has 0 atom stereocenters. The molecule has 0 unspecified atom stereocenters. The second kappa shape index (κ2) is 9.72. The summed E-state index contributed by atoms with van der Waals surface area (Å²) in [7, 11) is 0. The molecule has 3 heterocycles. The summed E-state index contributed by atoms with van der Waals surface area (Å²) in [4.78, 5) is 0. The van der Waals surface area contributed by atoms with Gasteiger partial charge in [0.1, 0.15) is 0 Å². The minimum absolute atomic E-state index is 0.765. The van der Waals surface area contributed by atoms with Crippen LogP contribution in [0.15, 0.2) is 164 Å². The molecule has 3 heteroatoms. The van der Waals surface area contributed by atoms with Crippen LogP contribution in [0.2, 0.25) is 0 Å². The van der Waals surface area contributed by atoms with Crippen molar-refractivity contribution in [3.63, 3.8) is 0 Å². The Balaban J connectivity index is 1.35. The van der Waals surface area contributed by atoms with Crippen LogP contribution in [0.3, 0.4) is 0 Å². The van der Waals surface area contributed by atoms with Crippen LogP contribution in [0.4, 0.5) is 0 Å². The summed E-state index contributed by atoms with van der Waals surface area (Å²) in [6, 6.07) is 59.6. The van der Waals surface area contributed by atoms with Gasteiger partial charge in [0.05, 0.1) is 27.8 Å². The molecule has 0 bridgehead atoms. The van der Waals surface area contributed by atoms with E-state index < -0.39 is 0 Å². The van der Waals surface area contributed by atoms with Crippen molar-refractivity contribution < 1.29 is 0 Å². The molecule has 0 N–H and O–H groups in total. The summed E-state index contributed by atoms with van der Waals surface area (Å²) in [6.07, 6.45) is 0. The maximum atomic E-state index is 2.49. The number of fused-ring (bicyclic) bond motifs is 9. The topological polar surface area (TPSA) is 14.8 Å². The zero-order valence-corrected chi connectivity index (χ0v) is 25.1. The largest absolute Gasteiger partial charge is 0.336 e. The molecule has 0 saturated heterocycles. The monoisotopic (exact) mass is 587 g/mol. The first kappa shape index (κ1) is 25.3. The zero-order valence-electron chi connectivity index (χ0n) is 25.1. The molecule has 10 rings (SSSR count). The standard InChI is InChI=1S/C43H29N3/c1-2-15-30(16-3-1)45-39-25-12-14-29(28-44-35-21-8-4-17-31(35)32-18-5-9-22-36(32)44)42(39)43-40(45)26-13-27-41(43)46-37-23-10-6-19-33(37)34-20-7-11-24-38(34)46/h1-27H,28H2. The van der Waals surface area contributed by atoms with Crippen LogP contribution < -0.4 is 0 Å². The third-order valence-corrected chi connectivity index (χ3v) is 9.72. The van der Waals surface area contributed by atoms with Crippen molar-refractivity contribution in [2.75, 3.05) is 0 Å². The number of nitrogens with zero attached hydrogens (tertiary/aromatic N) is 3. The maximum absolute atomic E-state index is 2.49. The van der Waals surface area contributed by atoms with Gasteiger partial charge in [-0.15, -0.1) is 0 Å². The van der Waals surface area contributed by atoms with Crippen molar-refractivity contribution in [2.24, 2.45) is 0 Å². The number of hydrogen-bond acceptors (Lipinski definition) is 0. The van der Waals surface area contributed by atoms with Gasteiger partial charge in [-0.2, -0.15) is 0 Å². The average Bonchev–Trinajstić information content (AvgIpc) is 3.75. The summed E-state index contributed by atoms with van der Waals surface area (Å²) < 4.78 is 7.41. The fourth-order valence-corrected chi connectivity index (χ4v) is 7.86. The molecule has 0 radical (unpaired) electrons. The van der Waals surface area contributed by atoms with Gasteiger partial charge in [0.2, 0.25) is 0 Å². The van der Waals surface area contributed by atoms with E-state index in [1.807, 2.05) is 0 Å². The molecular weight excluding hydrogens is 558 g/mol. The van der Waals surface area contributed by atoms with Crippen molar-refractivity contribution in [3.8, 4) is 11.4 Å². The summed E-state index contributed by atoms with van der Waals surface area (Å²) in [5.41, 5.74) is 11.0. The Morgan fingerprint density at radius 3 is 1.39 bits per heavy atom. The molecule has 10 aromatic rings. The van der Waals surface area contributed by atoms with E-state index in [1.54, 1.807) is 0 Å². The van der Waals surface area contributed by atoms with E-state index >= 15 is 0 Å². The highest BCUT2D eigenvalue weighted by Gasteiger charge is 2.22. The molecule has 0 fully saturated rings. The highest BCUT2D eigenvalue weighted by Crippen LogP contribution is 2.41. The molecule has 0 aliphatic carbocycles. The Hall–Kier alpha value is -6.06. The molecule has 216 valence electrons. The normalized spacial score (nSPS) is 12.0. The maximum Gasteiger partial charge on any atom is 0.0562 e. The van der Waals surface area contributed by atoms with Gasteiger partial charge in [-0.25, -0.2) is 0 Å². The Morgan fingerprint density at radius 1 is 0.326 bits per heavy atom. The molecule has 0 aliphatic rings. The fourth-order valence-electron chi connectivity index (χ4n) is 7.86.